The van der Waals surface area contributed by atoms with Crippen molar-refractivity contribution in [2.45, 2.75) is 75.6 Å². The molecule has 0 radical (unpaired) electrons. The van der Waals surface area contributed by atoms with Crippen molar-refractivity contribution in [3.05, 3.63) is 0 Å². The number of likely N-dealkylation sites (tertiary alicyclic amines) is 1. The molecule has 4 rings (SSSR count). The van der Waals surface area contributed by atoms with Gasteiger partial charge >= 0.3 is 0 Å². The van der Waals surface area contributed by atoms with E-state index in [1.807, 2.05) is 0 Å². The van der Waals surface area contributed by atoms with E-state index in [0.29, 0.717) is 24.2 Å². The summed E-state index contributed by atoms with van der Waals surface area (Å²) in [5.74, 6) is 0.571. The third-order valence-electron chi connectivity index (χ3n) is 6.91. The number of hydroxylamine groups is 1. The smallest absolute Gasteiger partial charge is 0.146 e. The predicted molar refractivity (Wildman–Crippen MR) is 110 cm³/mol. The predicted octanol–water partition coefficient (Wildman–Crippen LogP) is -0.0688. The first-order chi connectivity index (χ1) is 13.8. The number of nitrogens with zero attached hydrogens (tertiary/aromatic N) is 1. The van der Waals surface area contributed by atoms with Gasteiger partial charge in [0.2, 0.25) is 0 Å². The summed E-state index contributed by atoms with van der Waals surface area (Å²) in [6.45, 7) is 6.23. The number of piperidine rings is 2. The molecule has 0 amide bonds. The van der Waals surface area contributed by atoms with Crippen LogP contribution in [0.4, 0.5) is 0 Å². The van der Waals surface area contributed by atoms with Gasteiger partial charge < -0.3 is 15.4 Å². The molecule has 6 atom stereocenters. The van der Waals surface area contributed by atoms with Gasteiger partial charge in [-0.25, -0.2) is 0 Å². The Kier molecular flexibility index (Phi) is 7.95. The second-order valence-corrected chi connectivity index (χ2v) is 8.89. The summed E-state index contributed by atoms with van der Waals surface area (Å²) in [6, 6.07) is 1.14. The van der Waals surface area contributed by atoms with Crippen molar-refractivity contribution in [1.29, 1.82) is 0 Å². The molecule has 0 aliphatic carbocycles. The second kappa shape index (κ2) is 10.6. The van der Waals surface area contributed by atoms with Gasteiger partial charge in [0.25, 0.3) is 0 Å². The fourth-order valence-corrected chi connectivity index (χ4v) is 5.34. The number of nitrogens with one attached hydrogen (secondary N) is 5. The SMILES string of the molecule is COCCNC1CC(C2NOC(C3CCCN3CC3CCCCN3)N2)CCN1. The van der Waals surface area contributed by atoms with Crippen LogP contribution in [0.2, 0.25) is 0 Å². The fraction of sp³-hybridized carbons (Fsp3) is 1.00. The highest BCUT2D eigenvalue weighted by Gasteiger charge is 2.41. The molecule has 0 aromatic rings. The Labute approximate surface area is 169 Å². The van der Waals surface area contributed by atoms with Gasteiger partial charge in [-0.05, 0) is 64.1 Å². The van der Waals surface area contributed by atoms with Crippen LogP contribution in [0.15, 0.2) is 0 Å². The Morgan fingerprint density at radius 1 is 1.11 bits per heavy atom. The Bertz CT molecular complexity index is 464. The molecule has 28 heavy (non-hydrogen) atoms. The van der Waals surface area contributed by atoms with Crippen LogP contribution >= 0.6 is 0 Å². The molecule has 5 N–H and O–H groups in total. The number of rotatable bonds is 8. The summed E-state index contributed by atoms with van der Waals surface area (Å²) in [6.07, 6.45) is 9.50. The van der Waals surface area contributed by atoms with Crippen LogP contribution in [0.1, 0.15) is 44.9 Å². The van der Waals surface area contributed by atoms with Crippen LogP contribution in [-0.2, 0) is 9.57 Å². The molecule has 4 aliphatic rings. The van der Waals surface area contributed by atoms with Crippen molar-refractivity contribution in [3.8, 4) is 0 Å². The summed E-state index contributed by atoms with van der Waals surface area (Å²) in [7, 11) is 1.75. The first-order valence-electron chi connectivity index (χ1n) is 11.4. The summed E-state index contributed by atoms with van der Waals surface area (Å²) in [4.78, 5) is 8.73. The van der Waals surface area contributed by atoms with Gasteiger partial charge in [0.05, 0.1) is 25.0 Å². The molecule has 4 saturated heterocycles. The van der Waals surface area contributed by atoms with Gasteiger partial charge in [-0.15, -0.1) is 0 Å². The summed E-state index contributed by atoms with van der Waals surface area (Å²) in [5.41, 5.74) is 3.33. The first-order valence-corrected chi connectivity index (χ1v) is 11.4. The molecule has 4 aliphatic heterocycles. The Morgan fingerprint density at radius 2 is 2.07 bits per heavy atom. The lowest BCUT2D eigenvalue weighted by Crippen LogP contribution is -2.55. The Hall–Kier alpha value is -0.320. The lowest BCUT2D eigenvalue weighted by molar-refractivity contribution is -0.0257. The van der Waals surface area contributed by atoms with E-state index in [1.165, 1.54) is 51.6 Å². The Balaban J connectivity index is 1.24. The van der Waals surface area contributed by atoms with E-state index < -0.39 is 0 Å². The van der Waals surface area contributed by atoms with Gasteiger partial charge in [0.1, 0.15) is 6.23 Å². The molecule has 0 saturated carbocycles. The average molecular weight is 397 g/mol. The van der Waals surface area contributed by atoms with Crippen molar-refractivity contribution in [2.75, 3.05) is 46.4 Å². The highest BCUT2D eigenvalue weighted by molar-refractivity contribution is 4.93. The normalized spacial score (nSPS) is 40.2. The molecular formula is C20H40N6O2. The number of methoxy groups -OCH3 is 1. The summed E-state index contributed by atoms with van der Waals surface area (Å²) < 4.78 is 5.15. The minimum atomic E-state index is 0.103. The van der Waals surface area contributed by atoms with Crippen molar-refractivity contribution in [1.82, 2.24) is 31.6 Å². The van der Waals surface area contributed by atoms with Gasteiger partial charge in [-0.2, -0.15) is 5.48 Å². The molecular weight excluding hydrogens is 356 g/mol. The summed E-state index contributed by atoms with van der Waals surface area (Å²) in [5, 5.41) is 14.6. The van der Waals surface area contributed by atoms with Crippen molar-refractivity contribution < 1.29 is 9.57 Å². The number of hydrogen-bond donors (Lipinski definition) is 5. The average Bonchev–Trinajstić information content (AvgIpc) is 3.39. The van der Waals surface area contributed by atoms with Crippen LogP contribution in [0.3, 0.4) is 0 Å². The largest absolute Gasteiger partial charge is 0.383 e. The van der Waals surface area contributed by atoms with Gasteiger partial charge in [0.15, 0.2) is 0 Å². The molecule has 8 heteroatoms. The van der Waals surface area contributed by atoms with Crippen molar-refractivity contribution >= 4 is 0 Å². The van der Waals surface area contributed by atoms with Crippen LogP contribution in [0, 0.1) is 5.92 Å². The van der Waals surface area contributed by atoms with Gasteiger partial charge in [-0.3, -0.25) is 20.4 Å². The quantitative estimate of drug-likeness (QED) is 0.365. The zero-order valence-electron chi connectivity index (χ0n) is 17.4. The molecule has 0 aromatic heterocycles. The minimum absolute atomic E-state index is 0.103. The van der Waals surface area contributed by atoms with Gasteiger partial charge in [-0.1, -0.05) is 6.42 Å². The zero-order chi connectivity index (χ0) is 19.2. The molecule has 4 fully saturated rings. The monoisotopic (exact) mass is 396 g/mol. The molecule has 4 heterocycles. The molecule has 162 valence electrons. The van der Waals surface area contributed by atoms with Crippen molar-refractivity contribution in [2.24, 2.45) is 5.92 Å². The van der Waals surface area contributed by atoms with Crippen LogP contribution < -0.4 is 26.7 Å². The fourth-order valence-electron chi connectivity index (χ4n) is 5.34. The molecule has 8 nitrogen and oxygen atoms in total. The van der Waals surface area contributed by atoms with Crippen LogP contribution in [0.5, 0.6) is 0 Å². The zero-order valence-corrected chi connectivity index (χ0v) is 17.4. The molecule has 0 spiro atoms. The second-order valence-electron chi connectivity index (χ2n) is 8.89. The molecule has 0 aromatic carbocycles. The number of hydrogen-bond acceptors (Lipinski definition) is 8. The van der Waals surface area contributed by atoms with Crippen LogP contribution in [-0.4, -0.2) is 82.0 Å². The molecule has 6 unspecified atom stereocenters. The third-order valence-corrected chi connectivity index (χ3v) is 6.91. The van der Waals surface area contributed by atoms with E-state index in [4.69, 9.17) is 9.57 Å². The highest BCUT2D eigenvalue weighted by atomic mass is 16.7. The van der Waals surface area contributed by atoms with Gasteiger partial charge in [0, 0.05) is 26.2 Å². The lowest BCUT2D eigenvalue weighted by atomic mass is 9.92. The van der Waals surface area contributed by atoms with E-state index in [2.05, 4.69) is 31.6 Å². The lowest BCUT2D eigenvalue weighted by Gasteiger charge is -2.35. The van der Waals surface area contributed by atoms with E-state index in [9.17, 15) is 0 Å². The number of ether oxygens (including phenoxy) is 1. The topological polar surface area (TPSA) is 81.8 Å². The highest BCUT2D eigenvalue weighted by Crippen LogP contribution is 2.27. The van der Waals surface area contributed by atoms with E-state index >= 15 is 0 Å². The minimum Gasteiger partial charge on any atom is -0.383 e. The van der Waals surface area contributed by atoms with E-state index in [1.54, 1.807) is 7.11 Å². The Morgan fingerprint density at radius 3 is 2.93 bits per heavy atom. The molecule has 0 bridgehead atoms. The third kappa shape index (κ3) is 5.43. The van der Waals surface area contributed by atoms with E-state index in [0.717, 1.165) is 32.7 Å². The maximum absolute atomic E-state index is 6.07. The summed E-state index contributed by atoms with van der Waals surface area (Å²) >= 11 is 0. The maximum Gasteiger partial charge on any atom is 0.146 e. The van der Waals surface area contributed by atoms with Crippen molar-refractivity contribution in [3.63, 3.8) is 0 Å². The maximum atomic E-state index is 6.07. The van der Waals surface area contributed by atoms with E-state index in [-0.39, 0.29) is 12.4 Å². The standard InChI is InChI=1S/C20H40N6O2/c1-27-12-10-23-18-13-15(7-9-22-18)19-24-20(28-25-19)17-6-4-11-26(17)14-16-5-2-3-8-21-16/h15-25H,2-14H2,1H3. The van der Waals surface area contributed by atoms with Crippen LogP contribution in [0.25, 0.3) is 0 Å². The first kappa shape index (κ1) is 20.9.